The van der Waals surface area contributed by atoms with Crippen LogP contribution in [0.3, 0.4) is 0 Å². The van der Waals surface area contributed by atoms with Crippen molar-refractivity contribution in [3.63, 3.8) is 0 Å². The van der Waals surface area contributed by atoms with Crippen LogP contribution in [0.4, 0.5) is 5.95 Å². The van der Waals surface area contributed by atoms with Crippen LogP contribution >= 0.6 is 0 Å². The quantitative estimate of drug-likeness (QED) is 0.687. The molecule has 0 amide bonds. The lowest BCUT2D eigenvalue weighted by Gasteiger charge is -2.31. The lowest BCUT2D eigenvalue weighted by Crippen LogP contribution is -2.37. The lowest BCUT2D eigenvalue weighted by molar-refractivity contribution is 0.384. The number of aromatic nitrogens is 3. The highest BCUT2D eigenvalue weighted by Crippen LogP contribution is 2.20. The Morgan fingerprint density at radius 2 is 2.00 bits per heavy atom. The third-order valence-electron chi connectivity index (χ3n) is 4.37. The van der Waals surface area contributed by atoms with E-state index >= 15 is 0 Å². The predicted molar refractivity (Wildman–Crippen MR) is 87.7 cm³/mol. The second kappa shape index (κ2) is 9.03. The van der Waals surface area contributed by atoms with E-state index in [1.54, 1.807) is 0 Å². The van der Waals surface area contributed by atoms with Crippen molar-refractivity contribution in [2.45, 2.75) is 58.8 Å². The molecule has 2 heterocycles. The van der Waals surface area contributed by atoms with E-state index in [0.29, 0.717) is 0 Å². The SMILES string of the molecule is CCCCCCc1nc(N2CCC(CNCC)CC2)n[nH]1. The Hall–Kier alpha value is -1.10. The van der Waals surface area contributed by atoms with Gasteiger partial charge in [-0.2, -0.15) is 4.98 Å². The minimum absolute atomic E-state index is 0.814. The van der Waals surface area contributed by atoms with Gasteiger partial charge in [-0.15, -0.1) is 5.10 Å². The third-order valence-corrected chi connectivity index (χ3v) is 4.37. The predicted octanol–water partition coefficient (Wildman–Crippen LogP) is 2.75. The van der Waals surface area contributed by atoms with Crippen molar-refractivity contribution >= 4 is 5.95 Å². The Labute approximate surface area is 128 Å². The van der Waals surface area contributed by atoms with Crippen molar-refractivity contribution in [2.24, 2.45) is 5.92 Å². The lowest BCUT2D eigenvalue weighted by atomic mass is 9.97. The molecule has 0 atom stereocenters. The number of hydrogen-bond donors (Lipinski definition) is 2. The number of anilines is 1. The fourth-order valence-electron chi connectivity index (χ4n) is 2.94. The monoisotopic (exact) mass is 293 g/mol. The van der Waals surface area contributed by atoms with E-state index in [0.717, 1.165) is 50.3 Å². The molecule has 5 nitrogen and oxygen atoms in total. The van der Waals surface area contributed by atoms with E-state index in [-0.39, 0.29) is 0 Å². The molecule has 2 N–H and O–H groups in total. The third kappa shape index (κ3) is 5.30. The summed E-state index contributed by atoms with van der Waals surface area (Å²) < 4.78 is 0. The van der Waals surface area contributed by atoms with E-state index < -0.39 is 0 Å². The summed E-state index contributed by atoms with van der Waals surface area (Å²) in [4.78, 5) is 6.99. The fraction of sp³-hybridized carbons (Fsp3) is 0.875. The average Bonchev–Trinajstić information content (AvgIpc) is 2.99. The smallest absolute Gasteiger partial charge is 0.244 e. The summed E-state index contributed by atoms with van der Waals surface area (Å²) in [6.45, 7) is 8.81. The number of hydrogen-bond acceptors (Lipinski definition) is 4. The molecule has 0 saturated carbocycles. The number of aromatic amines is 1. The molecule has 2 rings (SSSR count). The van der Waals surface area contributed by atoms with Gasteiger partial charge in [0.1, 0.15) is 5.82 Å². The minimum Gasteiger partial charge on any atom is -0.340 e. The first-order valence-electron chi connectivity index (χ1n) is 8.70. The molecule has 1 aromatic rings. The van der Waals surface area contributed by atoms with Crippen LogP contribution in [-0.2, 0) is 6.42 Å². The van der Waals surface area contributed by atoms with Crippen molar-refractivity contribution in [1.82, 2.24) is 20.5 Å². The number of aryl methyl sites for hydroxylation is 1. The van der Waals surface area contributed by atoms with Gasteiger partial charge in [0.2, 0.25) is 5.95 Å². The van der Waals surface area contributed by atoms with E-state index in [1.807, 2.05) is 0 Å². The molecule has 0 aromatic carbocycles. The van der Waals surface area contributed by atoms with Crippen molar-refractivity contribution in [1.29, 1.82) is 0 Å². The van der Waals surface area contributed by atoms with Crippen molar-refractivity contribution in [3.8, 4) is 0 Å². The molecule has 1 aromatic heterocycles. The highest BCUT2D eigenvalue weighted by Gasteiger charge is 2.21. The standard InChI is InChI=1S/C16H31N5/c1-3-5-6-7-8-15-18-16(20-19-15)21-11-9-14(10-12-21)13-17-4-2/h14,17H,3-13H2,1-2H3,(H,18,19,20). The molecule has 21 heavy (non-hydrogen) atoms. The summed E-state index contributed by atoms with van der Waals surface area (Å²) in [6, 6.07) is 0. The van der Waals surface area contributed by atoms with Gasteiger partial charge in [0.25, 0.3) is 0 Å². The molecule has 5 heteroatoms. The van der Waals surface area contributed by atoms with Gasteiger partial charge in [0, 0.05) is 19.5 Å². The second-order valence-electron chi connectivity index (χ2n) is 6.13. The zero-order chi connectivity index (χ0) is 14.9. The molecule has 0 spiro atoms. The molecular weight excluding hydrogens is 262 g/mol. The molecule has 1 fully saturated rings. The van der Waals surface area contributed by atoms with Crippen LogP contribution in [-0.4, -0.2) is 41.4 Å². The normalized spacial score (nSPS) is 16.6. The van der Waals surface area contributed by atoms with E-state index in [2.05, 4.69) is 39.2 Å². The van der Waals surface area contributed by atoms with Crippen molar-refractivity contribution in [2.75, 3.05) is 31.1 Å². The molecule has 0 aliphatic carbocycles. The topological polar surface area (TPSA) is 56.8 Å². The highest BCUT2D eigenvalue weighted by molar-refractivity contribution is 5.29. The van der Waals surface area contributed by atoms with Gasteiger partial charge in [-0.3, -0.25) is 5.10 Å². The van der Waals surface area contributed by atoms with E-state index in [4.69, 9.17) is 0 Å². The van der Waals surface area contributed by atoms with Crippen LogP contribution in [0.5, 0.6) is 0 Å². The summed E-state index contributed by atoms with van der Waals surface area (Å²) in [5.74, 6) is 2.77. The Bertz CT molecular complexity index is 382. The Kier molecular flexibility index (Phi) is 7.00. The number of nitrogens with one attached hydrogen (secondary N) is 2. The summed E-state index contributed by atoms with van der Waals surface area (Å²) in [5.41, 5.74) is 0. The van der Waals surface area contributed by atoms with Crippen molar-refractivity contribution < 1.29 is 0 Å². The van der Waals surface area contributed by atoms with Gasteiger partial charge in [0.15, 0.2) is 0 Å². The number of rotatable bonds is 9. The Morgan fingerprint density at radius 3 is 2.71 bits per heavy atom. The first kappa shape index (κ1) is 16.3. The molecular formula is C16H31N5. The van der Waals surface area contributed by atoms with Gasteiger partial charge >= 0.3 is 0 Å². The number of nitrogens with zero attached hydrogens (tertiary/aromatic N) is 3. The van der Waals surface area contributed by atoms with Gasteiger partial charge in [-0.1, -0.05) is 33.1 Å². The van der Waals surface area contributed by atoms with Crippen LogP contribution in [0.25, 0.3) is 0 Å². The maximum atomic E-state index is 4.66. The molecule has 1 aliphatic heterocycles. The van der Waals surface area contributed by atoms with Crippen LogP contribution in [0.15, 0.2) is 0 Å². The second-order valence-corrected chi connectivity index (χ2v) is 6.13. The van der Waals surface area contributed by atoms with Crippen LogP contribution in [0.1, 0.15) is 58.2 Å². The van der Waals surface area contributed by atoms with Gasteiger partial charge in [0.05, 0.1) is 0 Å². The Morgan fingerprint density at radius 1 is 1.19 bits per heavy atom. The largest absolute Gasteiger partial charge is 0.340 e. The zero-order valence-electron chi connectivity index (χ0n) is 13.7. The van der Waals surface area contributed by atoms with Crippen LogP contribution in [0.2, 0.25) is 0 Å². The molecule has 0 radical (unpaired) electrons. The molecule has 0 bridgehead atoms. The van der Waals surface area contributed by atoms with Gasteiger partial charge < -0.3 is 10.2 Å². The molecule has 1 aliphatic rings. The summed E-state index contributed by atoms with van der Waals surface area (Å²) >= 11 is 0. The summed E-state index contributed by atoms with van der Waals surface area (Å²) in [5, 5.41) is 11.0. The fourth-order valence-corrected chi connectivity index (χ4v) is 2.94. The maximum Gasteiger partial charge on any atom is 0.244 e. The van der Waals surface area contributed by atoms with E-state index in [1.165, 1.54) is 38.5 Å². The van der Waals surface area contributed by atoms with Gasteiger partial charge in [-0.25, -0.2) is 0 Å². The zero-order valence-corrected chi connectivity index (χ0v) is 13.7. The highest BCUT2D eigenvalue weighted by atomic mass is 15.4. The van der Waals surface area contributed by atoms with E-state index in [9.17, 15) is 0 Å². The van der Waals surface area contributed by atoms with Gasteiger partial charge in [-0.05, 0) is 38.3 Å². The average molecular weight is 293 g/mol. The first-order chi connectivity index (χ1) is 10.3. The summed E-state index contributed by atoms with van der Waals surface area (Å²) in [7, 11) is 0. The maximum absolute atomic E-state index is 4.66. The molecule has 120 valence electrons. The minimum atomic E-state index is 0.814. The first-order valence-corrected chi connectivity index (χ1v) is 8.70. The number of piperidine rings is 1. The van der Waals surface area contributed by atoms with Crippen molar-refractivity contribution in [3.05, 3.63) is 5.82 Å². The molecule has 0 unspecified atom stereocenters. The Balaban J connectivity index is 1.72. The molecule has 1 saturated heterocycles. The summed E-state index contributed by atoms with van der Waals surface area (Å²) in [6.07, 6.45) is 8.63. The number of H-pyrrole nitrogens is 1. The van der Waals surface area contributed by atoms with Crippen LogP contribution in [0, 0.1) is 5.92 Å². The van der Waals surface area contributed by atoms with Crippen LogP contribution < -0.4 is 10.2 Å². The number of unbranched alkanes of at least 4 members (excludes halogenated alkanes) is 3.